The lowest BCUT2D eigenvalue weighted by molar-refractivity contribution is 0.547. The lowest BCUT2D eigenvalue weighted by atomic mass is 9.97. The summed E-state index contributed by atoms with van der Waals surface area (Å²) in [4.78, 5) is 0. The smallest absolute Gasteiger partial charge is 0.0371 e. The highest BCUT2D eigenvalue weighted by molar-refractivity contribution is 14.1. The van der Waals surface area contributed by atoms with E-state index in [1.165, 1.54) is 20.3 Å². The zero-order chi connectivity index (χ0) is 14.5. The first kappa shape index (κ1) is 16.0. The molecule has 0 aromatic heterocycles. The average molecular weight is 444 g/mol. The van der Waals surface area contributed by atoms with Gasteiger partial charge >= 0.3 is 0 Å². The van der Waals surface area contributed by atoms with Crippen molar-refractivity contribution in [3.05, 3.63) is 67.2 Å². The van der Waals surface area contributed by atoms with Crippen molar-refractivity contribution in [2.45, 2.75) is 26.3 Å². The second kappa shape index (κ2) is 7.57. The molecule has 0 saturated heterocycles. The van der Waals surface area contributed by atoms with E-state index in [0.717, 1.165) is 17.4 Å². The average Bonchev–Trinajstić information content (AvgIpc) is 2.42. The van der Waals surface area contributed by atoms with Crippen LogP contribution in [-0.4, -0.2) is 6.54 Å². The molecule has 1 N–H and O–H groups in total. The van der Waals surface area contributed by atoms with Gasteiger partial charge in [-0.15, -0.1) is 0 Å². The van der Waals surface area contributed by atoms with Crippen molar-refractivity contribution in [2.24, 2.45) is 0 Å². The quantitative estimate of drug-likeness (QED) is 0.622. The summed E-state index contributed by atoms with van der Waals surface area (Å²) in [5, 5.41) is 3.61. The van der Waals surface area contributed by atoms with E-state index in [0.29, 0.717) is 6.04 Å². The summed E-state index contributed by atoms with van der Waals surface area (Å²) in [6.45, 7) is 5.31. The molecule has 0 fully saturated rings. The van der Waals surface area contributed by atoms with E-state index >= 15 is 0 Å². The third-order valence-electron chi connectivity index (χ3n) is 3.38. The van der Waals surface area contributed by atoms with E-state index in [1.807, 2.05) is 0 Å². The van der Waals surface area contributed by atoms with Gasteiger partial charge in [0.25, 0.3) is 0 Å². The van der Waals surface area contributed by atoms with Crippen LogP contribution in [-0.2, 0) is 6.42 Å². The van der Waals surface area contributed by atoms with E-state index in [1.54, 1.807) is 0 Å². The molecule has 3 heteroatoms. The van der Waals surface area contributed by atoms with Crippen LogP contribution >= 0.6 is 38.5 Å². The zero-order valence-corrected chi connectivity index (χ0v) is 15.5. The van der Waals surface area contributed by atoms with Gasteiger partial charge in [0.1, 0.15) is 0 Å². The maximum atomic E-state index is 3.61. The van der Waals surface area contributed by atoms with E-state index in [2.05, 4.69) is 100 Å². The molecular formula is C17H19BrIN. The van der Waals surface area contributed by atoms with Gasteiger partial charge in [0.15, 0.2) is 0 Å². The molecule has 0 saturated carbocycles. The number of nitrogens with one attached hydrogen (secondary N) is 1. The Bertz CT molecular complexity index is 583. The van der Waals surface area contributed by atoms with E-state index < -0.39 is 0 Å². The van der Waals surface area contributed by atoms with Crippen LogP contribution in [0.3, 0.4) is 0 Å². The predicted octanol–water partition coefficient (Wildman–Crippen LogP) is 5.26. The molecule has 2 rings (SSSR count). The van der Waals surface area contributed by atoms with Crippen LogP contribution in [0.2, 0.25) is 0 Å². The van der Waals surface area contributed by atoms with Crippen molar-refractivity contribution in [1.29, 1.82) is 0 Å². The van der Waals surface area contributed by atoms with Crippen LogP contribution < -0.4 is 5.32 Å². The van der Waals surface area contributed by atoms with Gasteiger partial charge < -0.3 is 5.32 Å². The maximum absolute atomic E-state index is 3.61. The molecule has 1 atom stereocenters. The Morgan fingerprint density at radius 3 is 2.65 bits per heavy atom. The maximum Gasteiger partial charge on any atom is 0.0371 e. The van der Waals surface area contributed by atoms with Crippen LogP contribution in [0.4, 0.5) is 0 Å². The highest BCUT2D eigenvalue weighted by atomic mass is 127. The second-order valence-corrected chi connectivity index (χ2v) is 6.92. The Labute approximate surface area is 143 Å². The fourth-order valence-corrected chi connectivity index (χ4v) is 3.56. The SMILES string of the molecule is CCNC(Cc1cccc(Br)c1)c1cccc(C)c1I. The summed E-state index contributed by atoms with van der Waals surface area (Å²) < 4.78 is 2.51. The molecular weight excluding hydrogens is 425 g/mol. The molecule has 2 aromatic rings. The van der Waals surface area contributed by atoms with Crippen LogP contribution in [0, 0.1) is 10.5 Å². The van der Waals surface area contributed by atoms with Gasteiger partial charge in [0.05, 0.1) is 0 Å². The van der Waals surface area contributed by atoms with E-state index in [9.17, 15) is 0 Å². The van der Waals surface area contributed by atoms with Crippen molar-refractivity contribution in [3.63, 3.8) is 0 Å². The summed E-state index contributed by atoms with van der Waals surface area (Å²) in [6, 6.07) is 15.5. The number of hydrogen-bond acceptors (Lipinski definition) is 1. The Morgan fingerprint density at radius 2 is 1.95 bits per heavy atom. The number of rotatable bonds is 5. The Hall–Kier alpha value is -0.390. The first-order chi connectivity index (χ1) is 9.61. The summed E-state index contributed by atoms with van der Waals surface area (Å²) in [7, 11) is 0. The first-order valence-corrected chi connectivity index (χ1v) is 8.71. The molecule has 2 aromatic carbocycles. The number of hydrogen-bond donors (Lipinski definition) is 1. The topological polar surface area (TPSA) is 12.0 Å². The third kappa shape index (κ3) is 4.06. The molecule has 20 heavy (non-hydrogen) atoms. The van der Waals surface area contributed by atoms with Gasteiger partial charge in [0.2, 0.25) is 0 Å². The Balaban J connectivity index is 2.29. The van der Waals surface area contributed by atoms with Gasteiger partial charge in [-0.3, -0.25) is 0 Å². The lowest BCUT2D eigenvalue weighted by Gasteiger charge is -2.21. The standard InChI is InChI=1S/C17H19BrIN/c1-3-20-16(11-13-7-5-8-14(18)10-13)15-9-4-6-12(2)17(15)19/h4-10,16,20H,3,11H2,1-2H3. The van der Waals surface area contributed by atoms with Crippen molar-refractivity contribution in [1.82, 2.24) is 5.32 Å². The zero-order valence-electron chi connectivity index (χ0n) is 11.8. The minimum atomic E-state index is 0.362. The second-order valence-electron chi connectivity index (χ2n) is 4.92. The molecule has 1 nitrogen and oxygen atoms in total. The highest BCUT2D eigenvalue weighted by Gasteiger charge is 2.15. The number of aryl methyl sites for hydroxylation is 1. The third-order valence-corrected chi connectivity index (χ3v) is 5.34. The molecule has 0 radical (unpaired) electrons. The van der Waals surface area contributed by atoms with Crippen molar-refractivity contribution < 1.29 is 0 Å². The van der Waals surface area contributed by atoms with E-state index in [4.69, 9.17) is 0 Å². The minimum Gasteiger partial charge on any atom is -0.310 e. The highest BCUT2D eigenvalue weighted by Crippen LogP contribution is 2.26. The lowest BCUT2D eigenvalue weighted by Crippen LogP contribution is -2.24. The predicted molar refractivity (Wildman–Crippen MR) is 98.2 cm³/mol. The van der Waals surface area contributed by atoms with Gasteiger partial charge in [0, 0.05) is 14.1 Å². The van der Waals surface area contributed by atoms with Crippen LogP contribution in [0.15, 0.2) is 46.9 Å². The summed E-state index contributed by atoms with van der Waals surface area (Å²) in [6.07, 6.45) is 1.01. The Morgan fingerprint density at radius 1 is 1.20 bits per heavy atom. The van der Waals surface area contributed by atoms with Crippen molar-refractivity contribution >= 4 is 38.5 Å². The molecule has 0 aliphatic carbocycles. The number of likely N-dealkylation sites (N-methyl/N-ethyl adjacent to an activating group) is 1. The molecule has 106 valence electrons. The van der Waals surface area contributed by atoms with Crippen molar-refractivity contribution in [3.8, 4) is 0 Å². The van der Waals surface area contributed by atoms with Gasteiger partial charge in [-0.05, 0) is 71.3 Å². The first-order valence-electron chi connectivity index (χ1n) is 6.84. The van der Waals surface area contributed by atoms with Crippen LogP contribution in [0.25, 0.3) is 0 Å². The fraction of sp³-hybridized carbons (Fsp3) is 0.294. The van der Waals surface area contributed by atoms with Gasteiger partial charge in [-0.25, -0.2) is 0 Å². The monoisotopic (exact) mass is 443 g/mol. The van der Waals surface area contributed by atoms with Crippen LogP contribution in [0.5, 0.6) is 0 Å². The summed E-state index contributed by atoms with van der Waals surface area (Å²) in [5.41, 5.74) is 4.09. The fourth-order valence-electron chi connectivity index (χ4n) is 2.38. The molecule has 0 bridgehead atoms. The van der Waals surface area contributed by atoms with E-state index in [-0.39, 0.29) is 0 Å². The molecule has 0 spiro atoms. The molecule has 0 heterocycles. The largest absolute Gasteiger partial charge is 0.310 e. The minimum absolute atomic E-state index is 0.362. The summed E-state index contributed by atoms with van der Waals surface area (Å²) in [5.74, 6) is 0. The van der Waals surface area contributed by atoms with Crippen LogP contribution in [0.1, 0.15) is 29.7 Å². The summed E-state index contributed by atoms with van der Waals surface area (Å²) >= 11 is 6.01. The molecule has 0 aliphatic rings. The Kier molecular flexibility index (Phi) is 6.05. The van der Waals surface area contributed by atoms with Gasteiger partial charge in [-0.1, -0.05) is 53.2 Å². The molecule has 0 aliphatic heterocycles. The number of halogens is 2. The molecule has 0 amide bonds. The molecule has 1 unspecified atom stereocenters. The van der Waals surface area contributed by atoms with Crippen molar-refractivity contribution in [2.75, 3.05) is 6.54 Å². The normalized spacial score (nSPS) is 12.4. The number of benzene rings is 2. The van der Waals surface area contributed by atoms with Gasteiger partial charge in [-0.2, -0.15) is 0 Å².